The number of urea groups is 1. The van der Waals surface area contributed by atoms with E-state index in [1.54, 1.807) is 4.90 Å². The van der Waals surface area contributed by atoms with E-state index in [1.807, 2.05) is 58.9 Å². The molecule has 1 atom stereocenters. The van der Waals surface area contributed by atoms with E-state index >= 15 is 0 Å². The van der Waals surface area contributed by atoms with E-state index < -0.39 is 0 Å². The first-order valence-corrected chi connectivity index (χ1v) is 11.2. The van der Waals surface area contributed by atoms with Gasteiger partial charge in [-0.25, -0.2) is 4.79 Å². The van der Waals surface area contributed by atoms with E-state index in [0.717, 1.165) is 21.5 Å². The van der Waals surface area contributed by atoms with Gasteiger partial charge in [-0.15, -0.1) is 10.2 Å². The fourth-order valence-corrected chi connectivity index (χ4v) is 3.71. The molecule has 0 saturated heterocycles. The zero-order valence-corrected chi connectivity index (χ0v) is 19.9. The molecule has 29 heavy (non-hydrogen) atoms. The first-order chi connectivity index (χ1) is 13.6. The lowest BCUT2D eigenvalue weighted by Crippen LogP contribution is -2.51. The molecular weight excluding hydrogens is 454 g/mol. The molecule has 0 saturated carbocycles. The molecule has 0 aliphatic carbocycles. The zero-order valence-electron chi connectivity index (χ0n) is 17.5. The van der Waals surface area contributed by atoms with Gasteiger partial charge in [0.2, 0.25) is 11.0 Å². The second kappa shape index (κ2) is 10.2. The summed E-state index contributed by atoms with van der Waals surface area (Å²) in [4.78, 5) is 26.7. The highest BCUT2D eigenvalue weighted by molar-refractivity contribution is 9.10. The molecule has 1 aromatic carbocycles. The van der Waals surface area contributed by atoms with Crippen molar-refractivity contribution in [3.8, 4) is 10.6 Å². The Kier molecular flexibility index (Phi) is 8.15. The van der Waals surface area contributed by atoms with Crippen molar-refractivity contribution in [2.75, 3.05) is 11.9 Å². The summed E-state index contributed by atoms with van der Waals surface area (Å²) in [5.74, 6) is -0.196. The summed E-state index contributed by atoms with van der Waals surface area (Å²) in [6.07, 6.45) is 0.999. The monoisotopic (exact) mass is 481 g/mol. The average Bonchev–Trinajstić information content (AvgIpc) is 3.08. The van der Waals surface area contributed by atoms with Gasteiger partial charge in [-0.3, -0.25) is 4.79 Å². The summed E-state index contributed by atoms with van der Waals surface area (Å²) >= 11 is 4.75. The third-order valence-corrected chi connectivity index (χ3v) is 5.57. The largest absolute Gasteiger partial charge is 0.333 e. The quantitative estimate of drug-likeness (QED) is 0.588. The maximum absolute atomic E-state index is 12.6. The van der Waals surface area contributed by atoms with Gasteiger partial charge >= 0.3 is 6.03 Å². The van der Waals surface area contributed by atoms with E-state index in [4.69, 9.17) is 0 Å². The van der Waals surface area contributed by atoms with Crippen LogP contribution in [0.3, 0.4) is 0 Å². The number of benzene rings is 1. The van der Waals surface area contributed by atoms with E-state index in [9.17, 15) is 9.59 Å². The molecule has 0 fully saturated rings. The molecule has 7 nitrogen and oxygen atoms in total. The van der Waals surface area contributed by atoms with Crippen LogP contribution in [0.25, 0.3) is 10.6 Å². The highest BCUT2D eigenvalue weighted by Crippen LogP contribution is 2.28. The molecule has 0 spiro atoms. The SMILES string of the molecule is CCC(C)N(CCC(=O)Nc1nnc(-c2cccc(Br)c2)s1)C(=O)NC(C)(C)C. The molecule has 0 bridgehead atoms. The van der Waals surface area contributed by atoms with Crippen molar-refractivity contribution in [2.24, 2.45) is 0 Å². The van der Waals surface area contributed by atoms with Gasteiger partial charge in [0.1, 0.15) is 5.01 Å². The average molecular weight is 482 g/mol. The highest BCUT2D eigenvalue weighted by Gasteiger charge is 2.23. The summed E-state index contributed by atoms with van der Waals surface area (Å²) in [7, 11) is 0. The Morgan fingerprint density at radius 2 is 2.00 bits per heavy atom. The standard InChI is InChI=1S/C20H28BrN5O2S/c1-6-13(2)26(19(28)23-20(3,4)5)11-10-16(27)22-18-25-24-17(29-18)14-8-7-9-15(21)12-14/h7-9,12-13H,6,10-11H2,1-5H3,(H,23,28)(H,22,25,27). The predicted molar refractivity (Wildman–Crippen MR) is 121 cm³/mol. The number of carbonyl (C=O) groups is 2. The molecule has 0 radical (unpaired) electrons. The molecule has 2 rings (SSSR count). The van der Waals surface area contributed by atoms with Crippen LogP contribution < -0.4 is 10.6 Å². The number of hydrogen-bond donors (Lipinski definition) is 2. The number of amides is 3. The van der Waals surface area contributed by atoms with Gasteiger partial charge in [0, 0.05) is 34.6 Å². The number of rotatable bonds is 7. The van der Waals surface area contributed by atoms with Crippen LogP contribution in [0, 0.1) is 0 Å². The number of carbonyl (C=O) groups excluding carboxylic acids is 2. The molecule has 158 valence electrons. The van der Waals surface area contributed by atoms with Gasteiger partial charge in [-0.1, -0.05) is 46.3 Å². The number of nitrogens with one attached hydrogen (secondary N) is 2. The lowest BCUT2D eigenvalue weighted by atomic mass is 10.1. The number of nitrogens with zero attached hydrogens (tertiary/aromatic N) is 3. The Bertz CT molecular complexity index is 849. The van der Waals surface area contributed by atoms with Crippen molar-refractivity contribution in [3.63, 3.8) is 0 Å². The topological polar surface area (TPSA) is 87.2 Å². The van der Waals surface area contributed by atoms with Crippen molar-refractivity contribution in [1.82, 2.24) is 20.4 Å². The zero-order chi connectivity index (χ0) is 21.6. The van der Waals surface area contributed by atoms with Crippen LogP contribution in [0.4, 0.5) is 9.93 Å². The first-order valence-electron chi connectivity index (χ1n) is 9.57. The first kappa shape index (κ1) is 23.3. The van der Waals surface area contributed by atoms with Crippen LogP contribution in [-0.2, 0) is 4.79 Å². The molecule has 1 unspecified atom stereocenters. The molecule has 2 aromatic rings. The van der Waals surface area contributed by atoms with E-state index in [-0.39, 0.29) is 29.9 Å². The van der Waals surface area contributed by atoms with Gasteiger partial charge in [-0.05, 0) is 46.2 Å². The Labute approximate surface area is 184 Å². The van der Waals surface area contributed by atoms with Gasteiger partial charge in [0.25, 0.3) is 0 Å². The predicted octanol–water partition coefficient (Wildman–Crippen LogP) is 4.90. The fraction of sp³-hybridized carbons (Fsp3) is 0.500. The van der Waals surface area contributed by atoms with Crippen molar-refractivity contribution in [2.45, 2.75) is 59.0 Å². The summed E-state index contributed by atoms with van der Waals surface area (Å²) < 4.78 is 0.953. The second-order valence-electron chi connectivity index (χ2n) is 7.85. The summed E-state index contributed by atoms with van der Waals surface area (Å²) in [6, 6.07) is 7.62. The lowest BCUT2D eigenvalue weighted by molar-refractivity contribution is -0.116. The maximum Gasteiger partial charge on any atom is 0.318 e. The van der Waals surface area contributed by atoms with E-state index in [1.165, 1.54) is 11.3 Å². The lowest BCUT2D eigenvalue weighted by Gasteiger charge is -2.32. The van der Waals surface area contributed by atoms with E-state index in [0.29, 0.717) is 11.7 Å². The van der Waals surface area contributed by atoms with Crippen molar-refractivity contribution >= 4 is 44.3 Å². The Hall–Kier alpha value is -2.00. The molecule has 3 amide bonds. The van der Waals surface area contributed by atoms with Crippen molar-refractivity contribution < 1.29 is 9.59 Å². The van der Waals surface area contributed by atoms with Crippen LogP contribution in [0.2, 0.25) is 0 Å². The Morgan fingerprint density at radius 1 is 1.28 bits per heavy atom. The van der Waals surface area contributed by atoms with E-state index in [2.05, 4.69) is 36.8 Å². The maximum atomic E-state index is 12.6. The molecule has 1 heterocycles. The molecular formula is C20H28BrN5O2S. The Morgan fingerprint density at radius 3 is 2.62 bits per heavy atom. The summed E-state index contributed by atoms with van der Waals surface area (Å²) in [5, 5.41) is 15.1. The minimum atomic E-state index is -0.333. The molecule has 1 aromatic heterocycles. The minimum absolute atomic E-state index is 0.0369. The second-order valence-corrected chi connectivity index (χ2v) is 9.74. The van der Waals surface area contributed by atoms with Crippen molar-refractivity contribution in [1.29, 1.82) is 0 Å². The Balaban J connectivity index is 1.96. The molecule has 9 heteroatoms. The number of aromatic nitrogens is 2. The smallest absolute Gasteiger partial charge is 0.318 e. The van der Waals surface area contributed by atoms with Crippen LogP contribution in [0.5, 0.6) is 0 Å². The van der Waals surface area contributed by atoms with Crippen molar-refractivity contribution in [3.05, 3.63) is 28.7 Å². The highest BCUT2D eigenvalue weighted by atomic mass is 79.9. The van der Waals surface area contributed by atoms with Crippen LogP contribution in [-0.4, -0.2) is 45.2 Å². The molecule has 0 aliphatic heterocycles. The summed E-state index contributed by atoms with van der Waals surface area (Å²) in [6.45, 7) is 10.1. The molecule has 0 aliphatic rings. The van der Waals surface area contributed by atoms with Gasteiger partial charge in [0.05, 0.1) is 0 Å². The number of anilines is 1. The third-order valence-electron chi connectivity index (χ3n) is 4.19. The third kappa shape index (κ3) is 7.40. The summed E-state index contributed by atoms with van der Waals surface area (Å²) in [5.41, 5.74) is 0.597. The normalized spacial score (nSPS) is 12.3. The minimum Gasteiger partial charge on any atom is -0.333 e. The fourth-order valence-electron chi connectivity index (χ4n) is 2.55. The van der Waals surface area contributed by atoms with Gasteiger partial charge < -0.3 is 15.5 Å². The number of halogens is 1. The van der Waals surface area contributed by atoms with Crippen LogP contribution in [0.15, 0.2) is 28.7 Å². The van der Waals surface area contributed by atoms with Gasteiger partial charge in [0.15, 0.2) is 0 Å². The number of hydrogen-bond acceptors (Lipinski definition) is 5. The van der Waals surface area contributed by atoms with Gasteiger partial charge in [-0.2, -0.15) is 0 Å². The van der Waals surface area contributed by atoms with Crippen LogP contribution >= 0.6 is 27.3 Å². The molecule has 2 N–H and O–H groups in total. The van der Waals surface area contributed by atoms with Crippen LogP contribution in [0.1, 0.15) is 47.5 Å².